The van der Waals surface area contributed by atoms with Crippen LogP contribution in [-0.4, -0.2) is 22.8 Å². The first-order valence-corrected chi connectivity index (χ1v) is 5.88. The second-order valence-corrected chi connectivity index (χ2v) is 4.55. The molecule has 0 amide bonds. The maximum Gasteiger partial charge on any atom is 0.304 e. The van der Waals surface area contributed by atoms with Gasteiger partial charge in [-0.05, 0) is 24.3 Å². The van der Waals surface area contributed by atoms with Gasteiger partial charge < -0.3 is 14.4 Å². The second kappa shape index (κ2) is 4.72. The summed E-state index contributed by atoms with van der Waals surface area (Å²) in [6, 6.07) is 7.90. The van der Waals surface area contributed by atoms with Gasteiger partial charge >= 0.3 is 5.97 Å². The average Bonchev–Trinajstić information content (AvgIpc) is 2.65. The molecule has 4 heteroatoms. The van der Waals surface area contributed by atoms with Crippen molar-refractivity contribution < 1.29 is 14.6 Å². The fourth-order valence-electron chi connectivity index (χ4n) is 2.32. The number of nitrogens with zero attached hydrogens (tertiary/aromatic N) is 1. The van der Waals surface area contributed by atoms with Crippen LogP contribution in [0.4, 0.5) is 0 Å². The van der Waals surface area contributed by atoms with Crippen molar-refractivity contribution >= 4 is 16.9 Å². The normalized spacial score (nSPS) is 12.6. The Kier molecular flexibility index (Phi) is 3.28. The highest BCUT2D eigenvalue weighted by Crippen LogP contribution is 2.28. The van der Waals surface area contributed by atoms with Crippen LogP contribution in [0.15, 0.2) is 24.3 Å². The van der Waals surface area contributed by atoms with Crippen LogP contribution in [0.5, 0.6) is 5.75 Å². The lowest BCUT2D eigenvalue weighted by Gasteiger charge is -2.10. The van der Waals surface area contributed by atoms with E-state index in [1.807, 2.05) is 42.8 Å². The van der Waals surface area contributed by atoms with E-state index >= 15 is 0 Å². The van der Waals surface area contributed by atoms with Gasteiger partial charge in [0.1, 0.15) is 5.75 Å². The van der Waals surface area contributed by atoms with Crippen LogP contribution < -0.4 is 4.74 Å². The molecule has 1 N–H and O–H groups in total. The summed E-state index contributed by atoms with van der Waals surface area (Å²) >= 11 is 0. The molecule has 1 atom stereocenters. The Balaban J connectivity index is 2.46. The van der Waals surface area contributed by atoms with Crippen molar-refractivity contribution in [2.75, 3.05) is 7.11 Å². The van der Waals surface area contributed by atoms with E-state index in [9.17, 15) is 4.79 Å². The lowest BCUT2D eigenvalue weighted by molar-refractivity contribution is -0.137. The number of methoxy groups -OCH3 is 1. The third-order valence-electron chi connectivity index (χ3n) is 3.27. The summed E-state index contributed by atoms with van der Waals surface area (Å²) in [5, 5.41) is 9.94. The fraction of sp³-hybridized carbons (Fsp3) is 0.357. The van der Waals surface area contributed by atoms with Crippen molar-refractivity contribution in [1.82, 2.24) is 4.57 Å². The minimum Gasteiger partial charge on any atom is -0.497 e. The molecule has 2 rings (SSSR count). The molecule has 0 fully saturated rings. The van der Waals surface area contributed by atoms with Crippen LogP contribution in [0.1, 0.15) is 25.0 Å². The minimum absolute atomic E-state index is 0.00843. The Morgan fingerprint density at radius 2 is 2.17 bits per heavy atom. The third-order valence-corrected chi connectivity index (χ3v) is 3.27. The van der Waals surface area contributed by atoms with Gasteiger partial charge in [-0.3, -0.25) is 4.79 Å². The number of carboxylic acid groups (broad SMARTS) is 1. The number of aromatic nitrogens is 1. The first-order valence-electron chi connectivity index (χ1n) is 5.88. The number of benzene rings is 1. The van der Waals surface area contributed by atoms with Gasteiger partial charge in [0, 0.05) is 29.6 Å². The number of ether oxygens (including phenoxy) is 1. The van der Waals surface area contributed by atoms with Crippen LogP contribution in [0.25, 0.3) is 10.9 Å². The molecule has 0 radical (unpaired) electrons. The fourth-order valence-corrected chi connectivity index (χ4v) is 2.32. The van der Waals surface area contributed by atoms with E-state index in [1.54, 1.807) is 7.11 Å². The van der Waals surface area contributed by atoms with E-state index in [2.05, 4.69) is 0 Å². The van der Waals surface area contributed by atoms with Gasteiger partial charge in [0.05, 0.1) is 13.5 Å². The molecule has 18 heavy (non-hydrogen) atoms. The van der Waals surface area contributed by atoms with E-state index in [-0.39, 0.29) is 12.3 Å². The zero-order chi connectivity index (χ0) is 13.3. The van der Waals surface area contributed by atoms with Gasteiger partial charge in [0.25, 0.3) is 0 Å². The highest BCUT2D eigenvalue weighted by atomic mass is 16.5. The Bertz CT molecular complexity index is 586. The summed E-state index contributed by atoms with van der Waals surface area (Å²) in [6.45, 7) is 1.93. The predicted molar refractivity (Wildman–Crippen MR) is 70.1 cm³/mol. The summed E-state index contributed by atoms with van der Waals surface area (Å²) < 4.78 is 7.24. The van der Waals surface area contributed by atoms with Crippen LogP contribution in [-0.2, 0) is 11.8 Å². The lowest BCUT2D eigenvalue weighted by Crippen LogP contribution is -2.06. The predicted octanol–water partition coefficient (Wildman–Crippen LogP) is 2.77. The molecule has 0 aliphatic carbocycles. The molecule has 0 spiro atoms. The molecule has 0 saturated carbocycles. The molecular weight excluding hydrogens is 230 g/mol. The van der Waals surface area contributed by atoms with Crippen LogP contribution >= 0.6 is 0 Å². The zero-order valence-corrected chi connectivity index (χ0v) is 10.8. The topological polar surface area (TPSA) is 51.5 Å². The lowest BCUT2D eigenvalue weighted by atomic mass is 10.0. The van der Waals surface area contributed by atoms with E-state index in [4.69, 9.17) is 9.84 Å². The molecule has 1 aromatic heterocycles. The number of carboxylic acids is 1. The van der Waals surface area contributed by atoms with Gasteiger partial charge in [-0.1, -0.05) is 6.92 Å². The number of hydrogen-bond acceptors (Lipinski definition) is 2. The monoisotopic (exact) mass is 247 g/mol. The van der Waals surface area contributed by atoms with Gasteiger partial charge in [-0.25, -0.2) is 0 Å². The molecular formula is C14H17NO3. The standard InChI is InChI=1S/C14H17NO3/c1-9(6-14(16)17)13-8-10-7-11(18-3)4-5-12(10)15(13)2/h4-5,7-9H,6H2,1-3H3,(H,16,17). The molecule has 0 aliphatic rings. The number of rotatable bonds is 4. The maximum absolute atomic E-state index is 10.8. The molecule has 0 aliphatic heterocycles. The van der Waals surface area contributed by atoms with E-state index < -0.39 is 5.97 Å². The van der Waals surface area contributed by atoms with E-state index in [1.165, 1.54) is 0 Å². The van der Waals surface area contributed by atoms with Gasteiger partial charge in [-0.15, -0.1) is 0 Å². The quantitative estimate of drug-likeness (QED) is 0.903. The first-order chi connectivity index (χ1) is 8.52. The molecule has 0 bridgehead atoms. The highest BCUT2D eigenvalue weighted by Gasteiger charge is 2.15. The molecule has 0 saturated heterocycles. The number of hydrogen-bond donors (Lipinski definition) is 1. The van der Waals surface area contributed by atoms with E-state index in [0.29, 0.717) is 0 Å². The summed E-state index contributed by atoms with van der Waals surface area (Å²) in [7, 11) is 3.60. The minimum atomic E-state index is -0.773. The van der Waals surface area contributed by atoms with Crippen molar-refractivity contribution in [1.29, 1.82) is 0 Å². The van der Waals surface area contributed by atoms with Gasteiger partial charge in [-0.2, -0.15) is 0 Å². The number of fused-ring (bicyclic) bond motifs is 1. The number of aryl methyl sites for hydroxylation is 1. The van der Waals surface area contributed by atoms with E-state index in [0.717, 1.165) is 22.3 Å². The molecule has 1 aromatic carbocycles. The van der Waals surface area contributed by atoms with Gasteiger partial charge in [0.2, 0.25) is 0 Å². The number of aliphatic carboxylic acids is 1. The molecule has 4 nitrogen and oxygen atoms in total. The van der Waals surface area contributed by atoms with Gasteiger partial charge in [0.15, 0.2) is 0 Å². The average molecular weight is 247 g/mol. The van der Waals surface area contributed by atoms with Crippen LogP contribution in [0.3, 0.4) is 0 Å². The third kappa shape index (κ3) is 2.18. The Morgan fingerprint density at radius 3 is 2.78 bits per heavy atom. The highest BCUT2D eigenvalue weighted by molar-refractivity contribution is 5.83. The Morgan fingerprint density at radius 1 is 1.44 bits per heavy atom. The molecule has 96 valence electrons. The SMILES string of the molecule is COc1ccc2c(c1)cc(C(C)CC(=O)O)n2C. The molecule has 2 aromatic rings. The second-order valence-electron chi connectivity index (χ2n) is 4.55. The Hall–Kier alpha value is -1.97. The molecule has 1 unspecified atom stereocenters. The van der Waals surface area contributed by atoms with Crippen molar-refractivity contribution in [3.8, 4) is 5.75 Å². The zero-order valence-electron chi connectivity index (χ0n) is 10.8. The summed E-state index contributed by atoms with van der Waals surface area (Å²) in [6.07, 6.45) is 0.140. The number of carbonyl (C=O) groups is 1. The summed E-state index contributed by atoms with van der Waals surface area (Å²) in [4.78, 5) is 10.8. The molecule has 1 heterocycles. The van der Waals surface area contributed by atoms with Crippen molar-refractivity contribution in [2.45, 2.75) is 19.3 Å². The largest absolute Gasteiger partial charge is 0.497 e. The van der Waals surface area contributed by atoms with Crippen molar-refractivity contribution in [3.05, 3.63) is 30.0 Å². The van der Waals surface area contributed by atoms with Crippen molar-refractivity contribution in [3.63, 3.8) is 0 Å². The smallest absolute Gasteiger partial charge is 0.304 e. The first kappa shape index (κ1) is 12.5. The van der Waals surface area contributed by atoms with Crippen molar-refractivity contribution in [2.24, 2.45) is 7.05 Å². The van der Waals surface area contributed by atoms with Crippen LogP contribution in [0.2, 0.25) is 0 Å². The summed E-state index contributed by atoms with van der Waals surface area (Å²) in [5.74, 6) is 0.0294. The van der Waals surface area contributed by atoms with Crippen LogP contribution in [0, 0.1) is 0 Å². The summed E-state index contributed by atoms with van der Waals surface area (Å²) in [5.41, 5.74) is 2.11. The maximum atomic E-state index is 10.8. The Labute approximate surface area is 106 Å².